The first-order valence-electron chi connectivity index (χ1n) is 4.04. The minimum absolute atomic E-state index is 0.103. The number of hydrogen-bond acceptors (Lipinski definition) is 2. The van der Waals surface area contributed by atoms with Crippen molar-refractivity contribution in [1.82, 2.24) is 4.98 Å². The van der Waals surface area contributed by atoms with Gasteiger partial charge in [0.25, 0.3) is 0 Å². The number of rotatable bonds is 3. The number of fused-ring (bicyclic) bond motifs is 1. The predicted molar refractivity (Wildman–Crippen MR) is 49.9 cm³/mol. The highest BCUT2D eigenvalue weighted by molar-refractivity contribution is 5.80. The second-order valence-corrected chi connectivity index (χ2v) is 2.70. The number of ether oxygens (including phenoxy) is 1. The Morgan fingerprint density at radius 2 is 2.31 bits per heavy atom. The number of aldehydes is 1. The zero-order valence-corrected chi connectivity index (χ0v) is 6.99. The summed E-state index contributed by atoms with van der Waals surface area (Å²) in [5.74, 6) is 0.710. The summed E-state index contributed by atoms with van der Waals surface area (Å²) in [6.45, 7) is 0.103. The molecule has 0 aliphatic carbocycles. The van der Waals surface area contributed by atoms with E-state index in [9.17, 15) is 4.79 Å². The Morgan fingerprint density at radius 3 is 3.15 bits per heavy atom. The van der Waals surface area contributed by atoms with Gasteiger partial charge in [-0.25, -0.2) is 0 Å². The molecule has 2 rings (SSSR count). The molecule has 0 bridgehead atoms. The fourth-order valence-corrected chi connectivity index (χ4v) is 1.25. The summed E-state index contributed by atoms with van der Waals surface area (Å²) in [6.07, 6.45) is 2.60. The third-order valence-electron chi connectivity index (χ3n) is 1.84. The Balaban J connectivity index is 2.31. The Labute approximate surface area is 75.3 Å². The van der Waals surface area contributed by atoms with Crippen molar-refractivity contribution in [3.63, 3.8) is 0 Å². The van der Waals surface area contributed by atoms with Crippen LogP contribution in [0.3, 0.4) is 0 Å². The Hall–Kier alpha value is -1.77. The van der Waals surface area contributed by atoms with E-state index in [-0.39, 0.29) is 6.61 Å². The topological polar surface area (TPSA) is 42.1 Å². The van der Waals surface area contributed by atoms with Gasteiger partial charge in [0.05, 0.1) is 0 Å². The summed E-state index contributed by atoms with van der Waals surface area (Å²) >= 11 is 0. The van der Waals surface area contributed by atoms with Crippen LogP contribution in [-0.4, -0.2) is 17.9 Å². The molecular weight excluding hydrogens is 166 g/mol. The van der Waals surface area contributed by atoms with E-state index < -0.39 is 0 Å². The third-order valence-corrected chi connectivity index (χ3v) is 1.84. The van der Waals surface area contributed by atoms with Gasteiger partial charge in [0.1, 0.15) is 12.4 Å². The molecule has 1 aromatic heterocycles. The maximum Gasteiger partial charge on any atom is 0.157 e. The Morgan fingerprint density at radius 1 is 1.38 bits per heavy atom. The minimum atomic E-state index is 0.103. The third kappa shape index (κ3) is 1.54. The van der Waals surface area contributed by atoms with Crippen molar-refractivity contribution in [2.75, 3.05) is 6.61 Å². The maximum atomic E-state index is 10.1. The van der Waals surface area contributed by atoms with Crippen LogP contribution < -0.4 is 4.74 Å². The van der Waals surface area contributed by atoms with Crippen molar-refractivity contribution in [3.8, 4) is 5.75 Å². The van der Waals surface area contributed by atoms with Crippen LogP contribution in [0.1, 0.15) is 0 Å². The van der Waals surface area contributed by atoms with Crippen LogP contribution in [0.4, 0.5) is 0 Å². The van der Waals surface area contributed by atoms with E-state index in [1.54, 1.807) is 0 Å². The van der Waals surface area contributed by atoms with Crippen LogP contribution in [0, 0.1) is 0 Å². The molecule has 2 aromatic rings. The first kappa shape index (κ1) is 7.86. The van der Waals surface area contributed by atoms with Gasteiger partial charge in [-0.2, -0.15) is 0 Å². The van der Waals surface area contributed by atoms with Crippen LogP contribution in [0.2, 0.25) is 0 Å². The number of carbonyl (C=O) groups is 1. The second kappa shape index (κ2) is 3.31. The molecule has 0 radical (unpaired) electrons. The van der Waals surface area contributed by atoms with Gasteiger partial charge in [-0.05, 0) is 23.6 Å². The molecule has 0 saturated heterocycles. The second-order valence-electron chi connectivity index (χ2n) is 2.70. The highest BCUT2D eigenvalue weighted by Gasteiger charge is 1.96. The van der Waals surface area contributed by atoms with E-state index >= 15 is 0 Å². The van der Waals surface area contributed by atoms with Gasteiger partial charge in [0, 0.05) is 17.8 Å². The van der Waals surface area contributed by atoms with E-state index in [0.29, 0.717) is 5.75 Å². The van der Waals surface area contributed by atoms with Gasteiger partial charge in [-0.3, -0.25) is 4.79 Å². The van der Waals surface area contributed by atoms with Crippen molar-refractivity contribution >= 4 is 17.2 Å². The number of hydrogen-bond donors (Lipinski definition) is 1. The lowest BCUT2D eigenvalue weighted by molar-refractivity contribution is -0.109. The highest BCUT2D eigenvalue weighted by atomic mass is 16.5. The number of carbonyl (C=O) groups excluding carboxylic acids is 1. The molecule has 0 atom stereocenters. The highest BCUT2D eigenvalue weighted by Crippen LogP contribution is 2.18. The molecule has 3 heteroatoms. The lowest BCUT2D eigenvalue weighted by Crippen LogP contribution is -1.96. The van der Waals surface area contributed by atoms with Gasteiger partial charge < -0.3 is 9.72 Å². The van der Waals surface area contributed by atoms with Gasteiger partial charge in [-0.15, -0.1) is 0 Å². The number of nitrogens with one attached hydrogen (secondary N) is 1. The summed E-state index contributed by atoms with van der Waals surface area (Å²) in [5, 5.41) is 1.14. The summed E-state index contributed by atoms with van der Waals surface area (Å²) in [5.41, 5.74) is 1.02. The van der Waals surface area contributed by atoms with Crippen LogP contribution in [0.25, 0.3) is 10.9 Å². The van der Waals surface area contributed by atoms with Crippen molar-refractivity contribution in [1.29, 1.82) is 0 Å². The number of H-pyrrole nitrogens is 1. The summed E-state index contributed by atoms with van der Waals surface area (Å²) in [6, 6.07) is 7.66. The van der Waals surface area contributed by atoms with E-state index in [0.717, 1.165) is 17.2 Å². The smallest absolute Gasteiger partial charge is 0.157 e. The van der Waals surface area contributed by atoms with Crippen LogP contribution in [-0.2, 0) is 4.79 Å². The molecule has 0 aliphatic rings. The van der Waals surface area contributed by atoms with E-state index in [4.69, 9.17) is 4.74 Å². The Bertz CT molecular complexity index is 420. The molecule has 0 amide bonds. The average Bonchev–Trinajstić information content (AvgIpc) is 2.61. The summed E-state index contributed by atoms with van der Waals surface area (Å²) < 4.78 is 5.14. The Kier molecular flexibility index (Phi) is 2.00. The molecule has 0 unspecified atom stereocenters. The first-order chi connectivity index (χ1) is 6.40. The molecule has 1 N–H and O–H groups in total. The number of aromatic amines is 1. The molecule has 0 aliphatic heterocycles. The lowest BCUT2D eigenvalue weighted by Gasteiger charge is -2.00. The van der Waals surface area contributed by atoms with Gasteiger partial charge in [0.2, 0.25) is 0 Å². The van der Waals surface area contributed by atoms with E-state index in [1.807, 2.05) is 30.5 Å². The standard InChI is InChI=1S/C10H9NO2/c12-5-6-13-9-2-1-8-3-4-11-10(8)7-9/h1-5,7,11H,6H2. The van der Waals surface area contributed by atoms with Crippen LogP contribution >= 0.6 is 0 Å². The normalized spacial score (nSPS) is 10.2. The van der Waals surface area contributed by atoms with Crippen molar-refractivity contribution in [2.24, 2.45) is 0 Å². The van der Waals surface area contributed by atoms with Crippen molar-refractivity contribution in [3.05, 3.63) is 30.5 Å². The maximum absolute atomic E-state index is 10.1. The fraction of sp³-hybridized carbons (Fsp3) is 0.100. The lowest BCUT2D eigenvalue weighted by atomic mass is 10.2. The van der Waals surface area contributed by atoms with Crippen molar-refractivity contribution in [2.45, 2.75) is 0 Å². The van der Waals surface area contributed by atoms with Gasteiger partial charge >= 0.3 is 0 Å². The quantitative estimate of drug-likeness (QED) is 0.722. The van der Waals surface area contributed by atoms with E-state index in [1.165, 1.54) is 0 Å². The molecule has 0 saturated carbocycles. The molecule has 3 nitrogen and oxygen atoms in total. The minimum Gasteiger partial charge on any atom is -0.486 e. The zero-order valence-electron chi connectivity index (χ0n) is 6.99. The zero-order chi connectivity index (χ0) is 9.10. The first-order valence-corrected chi connectivity index (χ1v) is 4.04. The number of aromatic nitrogens is 1. The number of benzene rings is 1. The molecule has 0 spiro atoms. The average molecular weight is 175 g/mol. The van der Waals surface area contributed by atoms with Gasteiger partial charge in [0.15, 0.2) is 6.29 Å². The fourth-order valence-electron chi connectivity index (χ4n) is 1.25. The summed E-state index contributed by atoms with van der Waals surface area (Å²) in [4.78, 5) is 13.1. The predicted octanol–water partition coefficient (Wildman–Crippen LogP) is 1.75. The molecule has 66 valence electrons. The molecule has 1 aromatic carbocycles. The monoisotopic (exact) mass is 175 g/mol. The SMILES string of the molecule is O=CCOc1ccc2cc[nH]c2c1. The van der Waals surface area contributed by atoms with E-state index in [2.05, 4.69) is 4.98 Å². The largest absolute Gasteiger partial charge is 0.486 e. The molecular formula is C10H9NO2. The van der Waals surface area contributed by atoms with Crippen molar-refractivity contribution < 1.29 is 9.53 Å². The van der Waals surface area contributed by atoms with Crippen LogP contribution in [0.15, 0.2) is 30.5 Å². The molecule has 0 fully saturated rings. The molecule has 1 heterocycles. The summed E-state index contributed by atoms with van der Waals surface area (Å²) in [7, 11) is 0. The molecule has 13 heavy (non-hydrogen) atoms. The van der Waals surface area contributed by atoms with Gasteiger partial charge in [-0.1, -0.05) is 0 Å². The van der Waals surface area contributed by atoms with Crippen LogP contribution in [0.5, 0.6) is 5.75 Å².